The number of carbonyl (C=O) groups excluding carboxylic acids is 2. The van der Waals surface area contributed by atoms with Crippen LogP contribution in [0.3, 0.4) is 0 Å². The van der Waals surface area contributed by atoms with Crippen LogP contribution in [0.2, 0.25) is 0 Å². The summed E-state index contributed by atoms with van der Waals surface area (Å²) in [6.45, 7) is 9.25. The highest BCUT2D eigenvalue weighted by Gasteiger charge is 2.19. The minimum absolute atomic E-state index is 0.0876. The number of carbonyl (C=O) groups is 2. The molecule has 0 bridgehead atoms. The van der Waals surface area contributed by atoms with Gasteiger partial charge in [0.25, 0.3) is 0 Å². The van der Waals surface area contributed by atoms with Crippen molar-refractivity contribution in [2.24, 2.45) is 11.7 Å². The molecule has 0 amide bonds. The molecule has 0 saturated carbocycles. The molecule has 0 heterocycles. The first-order valence-electron chi connectivity index (χ1n) is 24.9. The Morgan fingerprint density at radius 1 is 0.557 bits per heavy atom. The standard InChI is InChI=1S/C53H95N3O5/c1-4-6-8-10-12-14-16-18-20-22-24-26-28-30-34-41-52(58)60-47-37-32-33-40-51(57)50(49-55-44-46-56(3)45-43-54)39-36-38-48-61-53(59)42-35-31-29-27-25-23-21-19-17-15-13-11-9-7-5-2/h6-9,12-15,18-21,50-51,55,57H,4-5,10-11,16-17,22-49,54H2,1-3H3/b8-6-,9-7-,14-12-,15-13-,20-18-,21-19-. The fourth-order valence-electron chi connectivity index (χ4n) is 6.99. The number of esters is 2. The normalized spacial score (nSPS) is 13.4. The predicted molar refractivity (Wildman–Crippen MR) is 262 cm³/mol. The molecule has 0 spiro atoms. The molecule has 8 nitrogen and oxygen atoms in total. The van der Waals surface area contributed by atoms with Crippen LogP contribution in [0.15, 0.2) is 72.9 Å². The maximum atomic E-state index is 12.3. The van der Waals surface area contributed by atoms with Gasteiger partial charge in [-0.15, -0.1) is 0 Å². The second-order valence-corrected chi connectivity index (χ2v) is 16.6. The van der Waals surface area contributed by atoms with Gasteiger partial charge < -0.3 is 30.5 Å². The zero-order chi connectivity index (χ0) is 44.5. The van der Waals surface area contributed by atoms with Crippen LogP contribution in [-0.4, -0.2) is 81.0 Å². The molecule has 2 unspecified atom stereocenters. The van der Waals surface area contributed by atoms with Gasteiger partial charge in [0.1, 0.15) is 0 Å². The number of aliphatic hydroxyl groups is 1. The van der Waals surface area contributed by atoms with Gasteiger partial charge in [0, 0.05) is 45.6 Å². The van der Waals surface area contributed by atoms with Crippen LogP contribution in [0, 0.1) is 5.92 Å². The minimum atomic E-state index is -0.397. The molecule has 8 heteroatoms. The summed E-state index contributed by atoms with van der Waals surface area (Å²) < 4.78 is 11.0. The molecular formula is C53H95N3O5. The predicted octanol–water partition coefficient (Wildman–Crippen LogP) is 12.4. The molecule has 0 aromatic carbocycles. The molecule has 352 valence electrons. The maximum Gasteiger partial charge on any atom is 0.305 e. The van der Waals surface area contributed by atoms with Crippen LogP contribution < -0.4 is 11.1 Å². The van der Waals surface area contributed by atoms with Crippen molar-refractivity contribution in [2.75, 3.05) is 53.0 Å². The number of nitrogens with one attached hydrogen (secondary N) is 1. The Balaban J connectivity index is 4.11. The highest BCUT2D eigenvalue weighted by atomic mass is 16.5. The van der Waals surface area contributed by atoms with Crippen molar-refractivity contribution in [2.45, 2.75) is 193 Å². The first kappa shape index (κ1) is 58.2. The molecule has 0 aliphatic heterocycles. The van der Waals surface area contributed by atoms with E-state index in [9.17, 15) is 14.7 Å². The summed E-state index contributed by atoms with van der Waals surface area (Å²) in [7, 11) is 2.07. The van der Waals surface area contributed by atoms with E-state index in [4.69, 9.17) is 15.2 Å². The van der Waals surface area contributed by atoms with Gasteiger partial charge in [0.15, 0.2) is 0 Å². The second kappa shape index (κ2) is 48.3. The van der Waals surface area contributed by atoms with E-state index in [2.05, 4.69) is 104 Å². The molecule has 0 aromatic rings. The summed E-state index contributed by atoms with van der Waals surface area (Å²) >= 11 is 0. The Bertz CT molecular complexity index is 1150. The summed E-state index contributed by atoms with van der Waals surface area (Å²) in [4.78, 5) is 26.7. The molecule has 0 saturated heterocycles. The number of hydrogen-bond acceptors (Lipinski definition) is 8. The Labute approximate surface area is 376 Å². The van der Waals surface area contributed by atoms with Gasteiger partial charge in [-0.3, -0.25) is 9.59 Å². The van der Waals surface area contributed by atoms with E-state index < -0.39 is 6.10 Å². The summed E-state index contributed by atoms with van der Waals surface area (Å²) in [5, 5.41) is 14.7. The van der Waals surface area contributed by atoms with Crippen LogP contribution >= 0.6 is 0 Å². The lowest BCUT2D eigenvalue weighted by atomic mass is 9.92. The van der Waals surface area contributed by atoms with Crippen molar-refractivity contribution in [3.05, 3.63) is 72.9 Å². The van der Waals surface area contributed by atoms with Gasteiger partial charge in [0.05, 0.1) is 19.3 Å². The van der Waals surface area contributed by atoms with E-state index >= 15 is 0 Å². The van der Waals surface area contributed by atoms with Crippen molar-refractivity contribution < 1.29 is 24.2 Å². The first-order valence-corrected chi connectivity index (χ1v) is 24.9. The molecular weight excluding hydrogens is 759 g/mol. The monoisotopic (exact) mass is 854 g/mol. The summed E-state index contributed by atoms with van der Waals surface area (Å²) in [6.07, 6.45) is 53.0. The Morgan fingerprint density at radius 3 is 1.49 bits per heavy atom. The molecule has 0 rings (SSSR count). The van der Waals surface area contributed by atoms with E-state index in [1.807, 2.05) is 0 Å². The Morgan fingerprint density at radius 2 is 0.984 bits per heavy atom. The minimum Gasteiger partial charge on any atom is -0.466 e. The van der Waals surface area contributed by atoms with Crippen molar-refractivity contribution in [1.29, 1.82) is 0 Å². The Hall–Kier alpha value is -2.78. The van der Waals surface area contributed by atoms with Crippen LogP contribution in [0.1, 0.15) is 187 Å². The third-order valence-corrected chi connectivity index (χ3v) is 10.8. The fourth-order valence-corrected chi connectivity index (χ4v) is 6.99. The Kier molecular flexibility index (Phi) is 46.1. The molecule has 0 aliphatic carbocycles. The van der Waals surface area contributed by atoms with Crippen LogP contribution in [0.4, 0.5) is 0 Å². The fraction of sp³-hybridized carbons (Fsp3) is 0.736. The number of likely N-dealkylation sites (N-methyl/N-ethyl adjacent to an activating group) is 1. The third-order valence-electron chi connectivity index (χ3n) is 10.8. The van der Waals surface area contributed by atoms with Crippen LogP contribution in [-0.2, 0) is 19.1 Å². The van der Waals surface area contributed by atoms with Gasteiger partial charge in [0.2, 0.25) is 0 Å². The van der Waals surface area contributed by atoms with Gasteiger partial charge in [-0.1, -0.05) is 132 Å². The van der Waals surface area contributed by atoms with Crippen LogP contribution in [0.25, 0.3) is 0 Å². The highest BCUT2D eigenvalue weighted by molar-refractivity contribution is 5.69. The molecule has 0 radical (unpaired) electrons. The zero-order valence-electron chi connectivity index (χ0n) is 39.7. The largest absolute Gasteiger partial charge is 0.466 e. The SMILES string of the molecule is CC/C=C\C/C=C\C/C=C\CCCCCCCC(=O)OCCCCCC(O)C(CCCCOC(=O)CCCCCCC/C=C\C/C=C\C/C=C\CC)CNCCN(C)CCN. The number of rotatable bonds is 45. The number of allylic oxidation sites excluding steroid dienone is 12. The van der Waals surface area contributed by atoms with Crippen molar-refractivity contribution in [3.63, 3.8) is 0 Å². The number of nitrogens with zero attached hydrogens (tertiary/aromatic N) is 1. The number of aliphatic hydroxyl groups excluding tert-OH is 1. The topological polar surface area (TPSA) is 114 Å². The van der Waals surface area contributed by atoms with Crippen LogP contribution in [0.5, 0.6) is 0 Å². The summed E-state index contributed by atoms with van der Waals surface area (Å²) in [5.74, 6) is -0.0390. The van der Waals surface area contributed by atoms with Crippen molar-refractivity contribution >= 4 is 11.9 Å². The molecule has 0 fully saturated rings. The first-order chi connectivity index (χ1) is 29.9. The van der Waals surface area contributed by atoms with Crippen molar-refractivity contribution in [1.82, 2.24) is 10.2 Å². The second-order valence-electron chi connectivity index (χ2n) is 16.6. The van der Waals surface area contributed by atoms with E-state index in [0.29, 0.717) is 32.6 Å². The average Bonchev–Trinajstić information content (AvgIpc) is 3.25. The van der Waals surface area contributed by atoms with Gasteiger partial charge in [-0.2, -0.15) is 0 Å². The lowest BCUT2D eigenvalue weighted by molar-refractivity contribution is -0.144. The van der Waals surface area contributed by atoms with E-state index in [1.54, 1.807) is 0 Å². The average molecular weight is 854 g/mol. The number of unbranched alkanes of at least 4 members (excludes halogenated alkanes) is 13. The number of hydrogen-bond donors (Lipinski definition) is 3. The third kappa shape index (κ3) is 45.1. The van der Waals surface area contributed by atoms with E-state index in [1.165, 1.54) is 32.1 Å². The molecule has 2 atom stereocenters. The molecule has 4 N–H and O–H groups in total. The smallest absolute Gasteiger partial charge is 0.305 e. The van der Waals surface area contributed by atoms with Gasteiger partial charge in [-0.05, 0) is 129 Å². The van der Waals surface area contributed by atoms with Gasteiger partial charge in [-0.25, -0.2) is 0 Å². The lowest BCUT2D eigenvalue weighted by Crippen LogP contribution is -2.37. The number of nitrogens with two attached hydrogens (primary N) is 1. The summed E-state index contributed by atoms with van der Waals surface area (Å²) in [6, 6.07) is 0. The van der Waals surface area contributed by atoms with E-state index in [-0.39, 0.29) is 17.9 Å². The quantitative estimate of drug-likeness (QED) is 0.0315. The van der Waals surface area contributed by atoms with Crippen molar-refractivity contribution in [3.8, 4) is 0 Å². The molecule has 0 aliphatic rings. The van der Waals surface area contributed by atoms with Gasteiger partial charge >= 0.3 is 11.9 Å². The molecule has 61 heavy (non-hydrogen) atoms. The highest BCUT2D eigenvalue weighted by Crippen LogP contribution is 2.19. The van der Waals surface area contributed by atoms with E-state index in [0.717, 1.165) is 155 Å². The maximum absolute atomic E-state index is 12.3. The molecule has 0 aromatic heterocycles. The lowest BCUT2D eigenvalue weighted by Gasteiger charge is -2.24. The zero-order valence-corrected chi connectivity index (χ0v) is 39.7. The summed E-state index contributed by atoms with van der Waals surface area (Å²) in [5.41, 5.74) is 5.69. The number of ether oxygens (including phenoxy) is 2.